The summed E-state index contributed by atoms with van der Waals surface area (Å²) in [6.07, 6.45) is 1.22. The van der Waals surface area contributed by atoms with Crippen molar-refractivity contribution < 1.29 is 14.6 Å². The van der Waals surface area contributed by atoms with Crippen molar-refractivity contribution in [2.24, 2.45) is 5.92 Å². The number of benzene rings is 2. The fourth-order valence-electron chi connectivity index (χ4n) is 3.36. The lowest BCUT2D eigenvalue weighted by Crippen LogP contribution is -2.21. The van der Waals surface area contributed by atoms with Gasteiger partial charge in [0.15, 0.2) is 0 Å². The maximum absolute atomic E-state index is 10.9. The minimum atomic E-state index is -0.699. The lowest BCUT2D eigenvalue weighted by atomic mass is 10.0. The van der Waals surface area contributed by atoms with E-state index < -0.39 is 5.97 Å². The lowest BCUT2D eigenvalue weighted by Gasteiger charge is -2.19. The Balaban J connectivity index is 1.83. The van der Waals surface area contributed by atoms with Crippen LogP contribution in [0.5, 0.6) is 5.75 Å². The summed E-state index contributed by atoms with van der Waals surface area (Å²) in [5, 5.41) is 11.4. The van der Waals surface area contributed by atoms with E-state index in [-0.39, 0.29) is 12.3 Å². The van der Waals surface area contributed by atoms with E-state index in [0.29, 0.717) is 0 Å². The molecule has 1 aliphatic rings. The Kier molecular flexibility index (Phi) is 4.29. The fraction of sp³-hybridized carbons (Fsp3) is 0.389. The zero-order valence-corrected chi connectivity index (χ0v) is 12.8. The molecule has 0 aromatic heterocycles. The average Bonchev–Trinajstić information content (AvgIpc) is 2.94. The van der Waals surface area contributed by atoms with Crippen molar-refractivity contribution in [3.8, 4) is 5.75 Å². The predicted octanol–water partition coefficient (Wildman–Crippen LogP) is 3.15. The van der Waals surface area contributed by atoms with E-state index in [0.717, 1.165) is 31.8 Å². The second kappa shape index (κ2) is 6.36. The maximum Gasteiger partial charge on any atom is 0.303 e. The van der Waals surface area contributed by atoms with Gasteiger partial charge >= 0.3 is 5.97 Å². The maximum atomic E-state index is 10.9. The van der Waals surface area contributed by atoms with Gasteiger partial charge in [0.2, 0.25) is 0 Å². The molecule has 1 N–H and O–H groups in total. The molecule has 116 valence electrons. The summed E-state index contributed by atoms with van der Waals surface area (Å²) >= 11 is 0. The first-order valence-corrected chi connectivity index (χ1v) is 7.66. The average molecular weight is 299 g/mol. The summed E-state index contributed by atoms with van der Waals surface area (Å²) in [7, 11) is 1.70. The van der Waals surface area contributed by atoms with Crippen LogP contribution in [-0.2, 0) is 11.3 Å². The van der Waals surface area contributed by atoms with E-state index in [1.165, 1.54) is 16.3 Å². The predicted molar refractivity (Wildman–Crippen MR) is 86.1 cm³/mol. The minimum Gasteiger partial charge on any atom is -0.496 e. The van der Waals surface area contributed by atoms with Gasteiger partial charge in [-0.15, -0.1) is 0 Å². The molecule has 0 bridgehead atoms. The number of fused-ring (bicyclic) bond motifs is 1. The van der Waals surface area contributed by atoms with E-state index in [1.54, 1.807) is 7.11 Å². The van der Waals surface area contributed by atoms with Crippen molar-refractivity contribution in [2.45, 2.75) is 19.4 Å². The van der Waals surface area contributed by atoms with E-state index in [2.05, 4.69) is 23.1 Å². The molecule has 1 atom stereocenters. The van der Waals surface area contributed by atoms with Crippen LogP contribution in [0.3, 0.4) is 0 Å². The third-order valence-corrected chi connectivity index (χ3v) is 4.43. The van der Waals surface area contributed by atoms with Gasteiger partial charge in [0.1, 0.15) is 5.75 Å². The number of hydrogen-bond acceptors (Lipinski definition) is 3. The van der Waals surface area contributed by atoms with Crippen molar-refractivity contribution in [1.29, 1.82) is 0 Å². The highest BCUT2D eigenvalue weighted by molar-refractivity contribution is 5.87. The molecule has 0 aliphatic carbocycles. The van der Waals surface area contributed by atoms with Crippen molar-refractivity contribution in [3.63, 3.8) is 0 Å². The molecule has 1 heterocycles. The Morgan fingerprint density at radius 2 is 2.14 bits per heavy atom. The van der Waals surface area contributed by atoms with Gasteiger partial charge in [-0.05, 0) is 35.7 Å². The minimum absolute atomic E-state index is 0.262. The third kappa shape index (κ3) is 3.07. The standard InChI is InChI=1S/C18H21NO3/c1-22-17-7-6-14-4-2-3-5-15(14)16(17)12-19-9-8-13(11-19)10-18(20)21/h2-7,13H,8-12H2,1H3,(H,20,21)/t13-/m0/s1. The first-order chi connectivity index (χ1) is 10.7. The second-order valence-corrected chi connectivity index (χ2v) is 5.96. The second-order valence-electron chi connectivity index (χ2n) is 5.96. The molecule has 4 nitrogen and oxygen atoms in total. The SMILES string of the molecule is COc1ccc2ccccc2c1CN1CC[C@@H](CC(=O)O)C1. The highest BCUT2D eigenvalue weighted by atomic mass is 16.5. The molecule has 0 unspecified atom stereocenters. The van der Waals surface area contributed by atoms with Gasteiger partial charge < -0.3 is 9.84 Å². The molecule has 0 radical (unpaired) electrons. The first-order valence-electron chi connectivity index (χ1n) is 7.66. The number of carboxylic acid groups (broad SMARTS) is 1. The number of hydrogen-bond donors (Lipinski definition) is 1. The molecule has 2 aromatic carbocycles. The molecular weight excluding hydrogens is 278 g/mol. The Morgan fingerprint density at radius 3 is 2.91 bits per heavy atom. The molecule has 2 aromatic rings. The molecule has 0 saturated carbocycles. The van der Waals surface area contributed by atoms with E-state index in [1.807, 2.05) is 18.2 Å². The molecule has 0 spiro atoms. The van der Waals surface area contributed by atoms with Crippen molar-refractivity contribution in [2.75, 3.05) is 20.2 Å². The van der Waals surface area contributed by atoms with Crippen molar-refractivity contribution >= 4 is 16.7 Å². The summed E-state index contributed by atoms with van der Waals surface area (Å²) in [4.78, 5) is 13.2. The molecule has 1 aliphatic heterocycles. The summed E-state index contributed by atoms with van der Waals surface area (Å²) in [6, 6.07) is 12.4. The van der Waals surface area contributed by atoms with Gasteiger partial charge in [-0.3, -0.25) is 9.69 Å². The van der Waals surface area contributed by atoms with Crippen LogP contribution in [0.4, 0.5) is 0 Å². The van der Waals surface area contributed by atoms with Gasteiger partial charge in [0, 0.05) is 25.1 Å². The van der Waals surface area contributed by atoms with Crippen LogP contribution in [0.15, 0.2) is 36.4 Å². The van der Waals surface area contributed by atoms with E-state index >= 15 is 0 Å². The van der Waals surface area contributed by atoms with Gasteiger partial charge in [-0.2, -0.15) is 0 Å². The normalized spacial score (nSPS) is 18.7. The monoisotopic (exact) mass is 299 g/mol. The lowest BCUT2D eigenvalue weighted by molar-refractivity contribution is -0.138. The highest BCUT2D eigenvalue weighted by Crippen LogP contribution is 2.31. The third-order valence-electron chi connectivity index (χ3n) is 4.43. The topological polar surface area (TPSA) is 49.8 Å². The van der Waals surface area contributed by atoms with Crippen LogP contribution in [0, 0.1) is 5.92 Å². The fourth-order valence-corrected chi connectivity index (χ4v) is 3.36. The number of nitrogens with zero attached hydrogens (tertiary/aromatic N) is 1. The molecule has 1 fully saturated rings. The number of rotatable bonds is 5. The van der Waals surface area contributed by atoms with Gasteiger partial charge in [-0.25, -0.2) is 0 Å². The van der Waals surface area contributed by atoms with Crippen LogP contribution in [0.1, 0.15) is 18.4 Å². The summed E-state index contributed by atoms with van der Waals surface area (Å²) in [6.45, 7) is 2.60. The largest absolute Gasteiger partial charge is 0.496 e. The smallest absolute Gasteiger partial charge is 0.303 e. The van der Waals surface area contributed by atoms with Gasteiger partial charge in [0.05, 0.1) is 7.11 Å². The first kappa shape index (κ1) is 14.9. The van der Waals surface area contributed by atoms with Gasteiger partial charge in [-0.1, -0.05) is 30.3 Å². The van der Waals surface area contributed by atoms with Crippen LogP contribution in [0.25, 0.3) is 10.8 Å². The summed E-state index contributed by atoms with van der Waals surface area (Å²) < 4.78 is 5.53. The molecule has 22 heavy (non-hydrogen) atoms. The highest BCUT2D eigenvalue weighted by Gasteiger charge is 2.25. The quantitative estimate of drug-likeness (QED) is 0.921. The zero-order valence-electron chi connectivity index (χ0n) is 12.8. The van der Waals surface area contributed by atoms with Crippen LogP contribution in [0.2, 0.25) is 0 Å². The number of carbonyl (C=O) groups is 1. The Morgan fingerprint density at radius 1 is 1.32 bits per heavy atom. The Bertz CT molecular complexity index is 683. The number of aliphatic carboxylic acids is 1. The Labute approximate surface area is 130 Å². The Hall–Kier alpha value is -2.07. The number of likely N-dealkylation sites (tertiary alicyclic amines) is 1. The molecule has 4 heteroatoms. The van der Waals surface area contributed by atoms with E-state index in [4.69, 9.17) is 9.84 Å². The van der Waals surface area contributed by atoms with Crippen molar-refractivity contribution in [1.82, 2.24) is 4.90 Å². The number of carboxylic acids is 1. The summed E-state index contributed by atoms with van der Waals surface area (Å²) in [5.74, 6) is 0.466. The van der Waals surface area contributed by atoms with Crippen LogP contribution < -0.4 is 4.74 Å². The molecule has 0 amide bonds. The molecular formula is C18H21NO3. The summed E-state index contributed by atoms with van der Waals surface area (Å²) in [5.41, 5.74) is 1.19. The van der Waals surface area contributed by atoms with E-state index in [9.17, 15) is 4.79 Å². The zero-order chi connectivity index (χ0) is 15.5. The molecule has 1 saturated heterocycles. The molecule has 3 rings (SSSR count). The number of ether oxygens (including phenoxy) is 1. The van der Waals surface area contributed by atoms with Crippen molar-refractivity contribution in [3.05, 3.63) is 42.0 Å². The van der Waals surface area contributed by atoms with Gasteiger partial charge in [0.25, 0.3) is 0 Å². The van der Waals surface area contributed by atoms with Crippen LogP contribution in [-0.4, -0.2) is 36.2 Å². The number of methoxy groups -OCH3 is 1. The van der Waals surface area contributed by atoms with Crippen LogP contribution >= 0.6 is 0 Å².